The molecule has 172 valence electrons. The first-order chi connectivity index (χ1) is 16.0. The largest absolute Gasteiger partial charge is 0.368 e. The van der Waals surface area contributed by atoms with Gasteiger partial charge in [-0.3, -0.25) is 9.78 Å². The summed E-state index contributed by atoms with van der Waals surface area (Å²) in [5.41, 5.74) is 6.53. The summed E-state index contributed by atoms with van der Waals surface area (Å²) >= 11 is 6.40. The number of pyridine rings is 1. The van der Waals surface area contributed by atoms with Crippen molar-refractivity contribution in [3.05, 3.63) is 64.3 Å². The van der Waals surface area contributed by atoms with Gasteiger partial charge < -0.3 is 14.7 Å². The number of carbonyl (C=O) groups is 1. The van der Waals surface area contributed by atoms with Gasteiger partial charge in [0, 0.05) is 61.6 Å². The van der Waals surface area contributed by atoms with Crippen LogP contribution >= 0.6 is 11.6 Å². The highest BCUT2D eigenvalue weighted by Gasteiger charge is 2.28. The van der Waals surface area contributed by atoms with E-state index in [1.165, 1.54) is 23.2 Å². The Morgan fingerprint density at radius 1 is 0.909 bits per heavy atom. The Labute approximate surface area is 201 Å². The van der Waals surface area contributed by atoms with Crippen molar-refractivity contribution in [3.8, 4) is 0 Å². The number of aromatic nitrogens is 1. The first-order valence-corrected chi connectivity index (χ1v) is 12.3. The van der Waals surface area contributed by atoms with Gasteiger partial charge in [-0.05, 0) is 68.5 Å². The van der Waals surface area contributed by atoms with Gasteiger partial charge in [0.15, 0.2) is 0 Å². The summed E-state index contributed by atoms with van der Waals surface area (Å²) in [4.78, 5) is 25.0. The van der Waals surface area contributed by atoms with Crippen LogP contribution in [0.3, 0.4) is 0 Å². The number of carbonyl (C=O) groups excluding carboxylic acids is 1. The molecule has 0 N–H and O–H groups in total. The molecule has 5 rings (SSSR count). The Morgan fingerprint density at radius 3 is 2.39 bits per heavy atom. The lowest BCUT2D eigenvalue weighted by Gasteiger charge is -2.39. The van der Waals surface area contributed by atoms with Gasteiger partial charge >= 0.3 is 0 Å². The van der Waals surface area contributed by atoms with Crippen molar-refractivity contribution >= 4 is 39.8 Å². The lowest BCUT2D eigenvalue weighted by Crippen LogP contribution is -2.47. The summed E-state index contributed by atoms with van der Waals surface area (Å²) in [6.07, 6.45) is 5.12. The normalized spacial score (nSPS) is 17.0. The maximum Gasteiger partial charge on any atom is 0.257 e. The number of rotatable bonds is 3. The molecule has 2 fully saturated rings. The van der Waals surface area contributed by atoms with E-state index in [-0.39, 0.29) is 5.91 Å². The topological polar surface area (TPSA) is 39.7 Å². The van der Waals surface area contributed by atoms with Crippen LogP contribution in [0.1, 0.15) is 40.7 Å². The standard InChI is InChI=1S/C27H31ClN4O/c1-19-7-6-8-25(20(19)2)30-13-15-31(16-14-30)26-22-17-21(28)9-10-24(22)29-18-23(26)27(33)32-11-4-3-5-12-32/h6-10,17-18H,3-5,11-16H2,1-2H3. The summed E-state index contributed by atoms with van der Waals surface area (Å²) in [6, 6.07) is 12.3. The number of piperidine rings is 1. The number of likely N-dealkylation sites (tertiary alicyclic amines) is 1. The van der Waals surface area contributed by atoms with Crippen LogP contribution in [-0.2, 0) is 0 Å². The van der Waals surface area contributed by atoms with Gasteiger partial charge in [-0.15, -0.1) is 0 Å². The van der Waals surface area contributed by atoms with E-state index in [0.29, 0.717) is 10.6 Å². The number of amides is 1. The maximum atomic E-state index is 13.6. The first-order valence-electron chi connectivity index (χ1n) is 12.0. The number of halogens is 1. The van der Waals surface area contributed by atoms with Crippen LogP contribution in [0.2, 0.25) is 5.02 Å². The molecule has 5 nitrogen and oxygen atoms in total. The van der Waals surface area contributed by atoms with Gasteiger partial charge in [0.25, 0.3) is 5.91 Å². The zero-order valence-electron chi connectivity index (χ0n) is 19.5. The molecule has 0 bridgehead atoms. The van der Waals surface area contributed by atoms with E-state index in [1.807, 2.05) is 23.1 Å². The Bertz CT molecular complexity index is 1180. The summed E-state index contributed by atoms with van der Waals surface area (Å²) in [5, 5.41) is 1.63. The lowest BCUT2D eigenvalue weighted by atomic mass is 10.0. The number of piperazine rings is 1. The maximum absolute atomic E-state index is 13.6. The van der Waals surface area contributed by atoms with E-state index >= 15 is 0 Å². The van der Waals surface area contributed by atoms with Crippen LogP contribution in [0.25, 0.3) is 10.9 Å². The second kappa shape index (κ2) is 9.22. The highest BCUT2D eigenvalue weighted by Crippen LogP contribution is 2.34. The Hall–Kier alpha value is -2.79. The fraction of sp³-hybridized carbons (Fsp3) is 0.407. The monoisotopic (exact) mass is 462 g/mol. The molecule has 6 heteroatoms. The summed E-state index contributed by atoms with van der Waals surface area (Å²) in [6.45, 7) is 9.53. The molecule has 2 aliphatic heterocycles. The second-order valence-electron chi connectivity index (χ2n) is 9.23. The van der Waals surface area contributed by atoms with E-state index in [1.54, 1.807) is 6.20 Å². The van der Waals surface area contributed by atoms with Crippen molar-refractivity contribution in [1.29, 1.82) is 0 Å². The van der Waals surface area contributed by atoms with Gasteiger partial charge in [0.05, 0.1) is 16.8 Å². The molecule has 2 aliphatic rings. The quantitative estimate of drug-likeness (QED) is 0.518. The molecule has 2 aromatic carbocycles. The van der Waals surface area contributed by atoms with E-state index in [2.05, 4.69) is 46.8 Å². The predicted octanol–water partition coefficient (Wildman–Crippen LogP) is 5.46. The summed E-state index contributed by atoms with van der Waals surface area (Å²) < 4.78 is 0. The molecular weight excluding hydrogens is 432 g/mol. The third-order valence-electron chi connectivity index (χ3n) is 7.19. The van der Waals surface area contributed by atoms with Crippen molar-refractivity contribution in [1.82, 2.24) is 9.88 Å². The number of aryl methyl sites for hydroxylation is 1. The predicted molar refractivity (Wildman–Crippen MR) is 137 cm³/mol. The number of nitrogens with zero attached hydrogens (tertiary/aromatic N) is 4. The lowest BCUT2D eigenvalue weighted by molar-refractivity contribution is 0.0724. The molecule has 33 heavy (non-hydrogen) atoms. The molecule has 0 aliphatic carbocycles. The van der Waals surface area contributed by atoms with Crippen molar-refractivity contribution in [2.75, 3.05) is 49.1 Å². The van der Waals surface area contributed by atoms with Gasteiger partial charge in [0.1, 0.15) is 0 Å². The van der Waals surface area contributed by atoms with Crippen LogP contribution in [0.15, 0.2) is 42.6 Å². The number of benzene rings is 2. The van der Waals surface area contributed by atoms with E-state index in [4.69, 9.17) is 11.6 Å². The smallest absolute Gasteiger partial charge is 0.257 e. The molecule has 1 amide bonds. The van der Waals surface area contributed by atoms with Crippen LogP contribution in [-0.4, -0.2) is 55.1 Å². The highest BCUT2D eigenvalue weighted by atomic mass is 35.5. The molecule has 2 saturated heterocycles. The molecule has 0 atom stereocenters. The van der Waals surface area contributed by atoms with Crippen LogP contribution in [0.4, 0.5) is 11.4 Å². The van der Waals surface area contributed by atoms with Crippen molar-refractivity contribution in [2.45, 2.75) is 33.1 Å². The van der Waals surface area contributed by atoms with Crippen LogP contribution in [0, 0.1) is 13.8 Å². The minimum atomic E-state index is 0.0935. The molecule has 3 heterocycles. The minimum Gasteiger partial charge on any atom is -0.368 e. The first kappa shape index (κ1) is 22.0. The molecule has 0 saturated carbocycles. The third kappa shape index (κ3) is 4.26. The highest BCUT2D eigenvalue weighted by molar-refractivity contribution is 6.31. The van der Waals surface area contributed by atoms with E-state index in [0.717, 1.165) is 68.7 Å². The minimum absolute atomic E-state index is 0.0935. The molecular formula is C27H31ClN4O. The van der Waals surface area contributed by atoms with Crippen LogP contribution in [0.5, 0.6) is 0 Å². The summed E-state index contributed by atoms with van der Waals surface area (Å²) in [5.74, 6) is 0.0935. The Balaban J connectivity index is 1.49. The number of hydrogen-bond donors (Lipinski definition) is 0. The molecule has 0 radical (unpaired) electrons. The Morgan fingerprint density at radius 2 is 1.64 bits per heavy atom. The van der Waals surface area contributed by atoms with Gasteiger partial charge in [0.2, 0.25) is 0 Å². The zero-order valence-corrected chi connectivity index (χ0v) is 20.2. The fourth-order valence-corrected chi connectivity index (χ4v) is 5.34. The number of anilines is 2. The van der Waals surface area contributed by atoms with Crippen LogP contribution < -0.4 is 9.80 Å². The average molecular weight is 463 g/mol. The number of hydrogen-bond acceptors (Lipinski definition) is 4. The van der Waals surface area contributed by atoms with Gasteiger partial charge in [-0.1, -0.05) is 23.7 Å². The number of fused-ring (bicyclic) bond motifs is 1. The zero-order chi connectivity index (χ0) is 22.9. The van der Waals surface area contributed by atoms with Gasteiger partial charge in [-0.2, -0.15) is 0 Å². The summed E-state index contributed by atoms with van der Waals surface area (Å²) in [7, 11) is 0. The fourth-order valence-electron chi connectivity index (χ4n) is 5.16. The average Bonchev–Trinajstić information content (AvgIpc) is 2.85. The van der Waals surface area contributed by atoms with Crippen molar-refractivity contribution in [3.63, 3.8) is 0 Å². The third-order valence-corrected chi connectivity index (χ3v) is 7.42. The second-order valence-corrected chi connectivity index (χ2v) is 9.66. The van der Waals surface area contributed by atoms with Gasteiger partial charge in [-0.25, -0.2) is 0 Å². The van der Waals surface area contributed by atoms with Crippen molar-refractivity contribution < 1.29 is 4.79 Å². The van der Waals surface area contributed by atoms with E-state index in [9.17, 15) is 4.79 Å². The SMILES string of the molecule is Cc1cccc(N2CCN(c3c(C(=O)N4CCCCC4)cnc4ccc(Cl)cc34)CC2)c1C. The Kier molecular flexibility index (Phi) is 6.15. The molecule has 0 spiro atoms. The van der Waals surface area contributed by atoms with Crippen molar-refractivity contribution in [2.24, 2.45) is 0 Å². The molecule has 0 unspecified atom stereocenters. The molecule has 1 aromatic heterocycles. The van der Waals surface area contributed by atoms with E-state index < -0.39 is 0 Å². The molecule has 3 aromatic rings.